The average molecular weight is 277 g/mol. The van der Waals surface area contributed by atoms with Crippen molar-refractivity contribution in [3.63, 3.8) is 0 Å². The molecule has 1 aromatic heterocycles. The van der Waals surface area contributed by atoms with E-state index in [1.807, 2.05) is 0 Å². The van der Waals surface area contributed by atoms with Gasteiger partial charge in [-0.05, 0) is 26.3 Å². The molecule has 3 heterocycles. The van der Waals surface area contributed by atoms with E-state index in [0.717, 1.165) is 18.9 Å². The molecule has 3 rings (SSSR count). The first-order valence-electron chi connectivity index (χ1n) is 6.78. The number of nitrogens with two attached hydrogens (primary N) is 1. The SMILES string of the molecule is CC1CN2CCCC2CN1c1nccnc1C(N)=S. The first kappa shape index (κ1) is 12.7. The molecule has 0 bridgehead atoms. The van der Waals surface area contributed by atoms with E-state index in [9.17, 15) is 0 Å². The maximum absolute atomic E-state index is 5.77. The van der Waals surface area contributed by atoms with Gasteiger partial charge >= 0.3 is 0 Å². The van der Waals surface area contributed by atoms with Gasteiger partial charge in [-0.1, -0.05) is 12.2 Å². The fraction of sp³-hybridized carbons (Fsp3) is 0.615. The zero-order chi connectivity index (χ0) is 13.4. The van der Waals surface area contributed by atoms with Crippen LogP contribution in [0.4, 0.5) is 5.82 Å². The maximum atomic E-state index is 5.77. The van der Waals surface area contributed by atoms with Crippen molar-refractivity contribution in [2.75, 3.05) is 24.5 Å². The van der Waals surface area contributed by atoms with Crippen LogP contribution in [-0.2, 0) is 0 Å². The molecule has 2 aliphatic rings. The molecule has 0 radical (unpaired) electrons. The molecular weight excluding hydrogens is 258 g/mol. The number of hydrogen-bond acceptors (Lipinski definition) is 5. The summed E-state index contributed by atoms with van der Waals surface area (Å²) in [5.41, 5.74) is 6.41. The number of rotatable bonds is 2. The number of fused-ring (bicyclic) bond motifs is 1. The van der Waals surface area contributed by atoms with E-state index in [1.165, 1.54) is 19.4 Å². The van der Waals surface area contributed by atoms with Crippen molar-refractivity contribution in [3.8, 4) is 0 Å². The second-order valence-electron chi connectivity index (χ2n) is 5.39. The lowest BCUT2D eigenvalue weighted by atomic mass is 10.1. The fourth-order valence-corrected chi connectivity index (χ4v) is 3.34. The fourth-order valence-electron chi connectivity index (χ4n) is 3.20. The van der Waals surface area contributed by atoms with E-state index >= 15 is 0 Å². The largest absolute Gasteiger partial charge is 0.388 e. The Morgan fingerprint density at radius 2 is 2.16 bits per heavy atom. The van der Waals surface area contributed by atoms with Crippen LogP contribution in [0.15, 0.2) is 12.4 Å². The molecule has 2 N–H and O–H groups in total. The zero-order valence-electron chi connectivity index (χ0n) is 11.1. The first-order valence-corrected chi connectivity index (χ1v) is 7.19. The van der Waals surface area contributed by atoms with E-state index in [1.54, 1.807) is 12.4 Å². The van der Waals surface area contributed by atoms with Crippen molar-refractivity contribution in [2.24, 2.45) is 5.73 Å². The van der Waals surface area contributed by atoms with Crippen LogP contribution in [0.1, 0.15) is 25.5 Å². The van der Waals surface area contributed by atoms with E-state index in [-0.39, 0.29) is 0 Å². The molecule has 6 heteroatoms. The summed E-state index contributed by atoms with van der Waals surface area (Å²) >= 11 is 5.09. The standard InChI is InChI=1S/C13H19N5S/c1-9-7-17-6-2-3-10(17)8-18(9)13-11(12(14)19)15-4-5-16-13/h4-5,9-10H,2-3,6-8H2,1H3,(H2,14,19). The van der Waals surface area contributed by atoms with Gasteiger partial charge in [-0.25, -0.2) is 9.97 Å². The third-order valence-corrected chi connectivity index (χ3v) is 4.32. The molecule has 0 saturated carbocycles. The minimum Gasteiger partial charge on any atom is -0.388 e. The van der Waals surface area contributed by atoms with Crippen molar-refractivity contribution >= 4 is 23.0 Å². The van der Waals surface area contributed by atoms with Crippen molar-refractivity contribution in [3.05, 3.63) is 18.1 Å². The second-order valence-corrected chi connectivity index (χ2v) is 5.83. The molecule has 2 atom stereocenters. The quantitative estimate of drug-likeness (QED) is 0.806. The van der Waals surface area contributed by atoms with Gasteiger partial charge in [0, 0.05) is 37.6 Å². The molecule has 0 amide bonds. The van der Waals surface area contributed by atoms with Gasteiger partial charge in [0.05, 0.1) is 0 Å². The van der Waals surface area contributed by atoms with Gasteiger partial charge in [0.15, 0.2) is 5.82 Å². The van der Waals surface area contributed by atoms with E-state index in [4.69, 9.17) is 18.0 Å². The highest BCUT2D eigenvalue weighted by Crippen LogP contribution is 2.28. The average Bonchev–Trinajstić information content (AvgIpc) is 2.84. The summed E-state index contributed by atoms with van der Waals surface area (Å²) in [6, 6.07) is 1.05. The number of hydrogen-bond donors (Lipinski definition) is 1. The molecule has 0 aliphatic carbocycles. The van der Waals surface area contributed by atoms with Gasteiger partial charge in [0.2, 0.25) is 0 Å². The minimum atomic E-state index is 0.323. The molecule has 0 spiro atoms. The van der Waals surface area contributed by atoms with E-state index in [0.29, 0.717) is 22.8 Å². The highest BCUT2D eigenvalue weighted by Gasteiger charge is 2.35. The normalized spacial score (nSPS) is 27.3. The Morgan fingerprint density at radius 3 is 2.95 bits per heavy atom. The summed E-state index contributed by atoms with van der Waals surface area (Å²) in [6.45, 7) is 5.53. The van der Waals surface area contributed by atoms with Crippen LogP contribution in [0.25, 0.3) is 0 Å². The molecule has 2 saturated heterocycles. The lowest BCUT2D eigenvalue weighted by Gasteiger charge is -2.43. The van der Waals surface area contributed by atoms with Crippen LogP contribution in [-0.4, -0.2) is 51.6 Å². The Bertz CT molecular complexity index is 492. The summed E-state index contributed by atoms with van der Waals surface area (Å²) in [5, 5.41) is 0. The number of piperazine rings is 1. The number of aromatic nitrogens is 2. The summed E-state index contributed by atoms with van der Waals surface area (Å²) < 4.78 is 0. The summed E-state index contributed by atoms with van der Waals surface area (Å²) in [5.74, 6) is 0.842. The van der Waals surface area contributed by atoms with Gasteiger partial charge in [-0.2, -0.15) is 0 Å². The Labute approximate surface area is 118 Å². The van der Waals surface area contributed by atoms with Crippen LogP contribution < -0.4 is 10.6 Å². The molecule has 0 aromatic carbocycles. The van der Waals surface area contributed by atoms with E-state index in [2.05, 4.69) is 26.7 Å². The van der Waals surface area contributed by atoms with Crippen molar-refractivity contribution in [2.45, 2.75) is 31.8 Å². The van der Waals surface area contributed by atoms with Crippen LogP contribution in [0.2, 0.25) is 0 Å². The Balaban J connectivity index is 1.91. The highest BCUT2D eigenvalue weighted by molar-refractivity contribution is 7.80. The monoisotopic (exact) mass is 277 g/mol. The van der Waals surface area contributed by atoms with Crippen molar-refractivity contribution in [1.29, 1.82) is 0 Å². The van der Waals surface area contributed by atoms with Gasteiger partial charge < -0.3 is 10.6 Å². The minimum absolute atomic E-state index is 0.323. The third-order valence-electron chi connectivity index (χ3n) is 4.12. The first-order chi connectivity index (χ1) is 9.16. The van der Waals surface area contributed by atoms with Crippen LogP contribution in [0.3, 0.4) is 0 Å². The molecule has 2 aliphatic heterocycles. The van der Waals surface area contributed by atoms with Crippen LogP contribution >= 0.6 is 12.2 Å². The van der Waals surface area contributed by atoms with Gasteiger partial charge in [0.1, 0.15) is 10.7 Å². The second kappa shape index (κ2) is 5.02. The molecule has 5 nitrogen and oxygen atoms in total. The molecule has 2 unspecified atom stereocenters. The molecule has 102 valence electrons. The van der Waals surface area contributed by atoms with Gasteiger partial charge in [-0.15, -0.1) is 0 Å². The van der Waals surface area contributed by atoms with Gasteiger partial charge in [0.25, 0.3) is 0 Å². The molecule has 2 fully saturated rings. The molecule has 19 heavy (non-hydrogen) atoms. The predicted molar refractivity (Wildman–Crippen MR) is 79.3 cm³/mol. The Morgan fingerprint density at radius 1 is 1.37 bits per heavy atom. The Kier molecular flexibility index (Phi) is 3.36. The molecule has 1 aromatic rings. The van der Waals surface area contributed by atoms with Crippen molar-refractivity contribution < 1.29 is 0 Å². The van der Waals surface area contributed by atoms with Crippen molar-refractivity contribution in [1.82, 2.24) is 14.9 Å². The highest BCUT2D eigenvalue weighted by atomic mass is 32.1. The molecular formula is C13H19N5S. The number of nitrogens with zero attached hydrogens (tertiary/aromatic N) is 4. The zero-order valence-corrected chi connectivity index (χ0v) is 11.9. The van der Waals surface area contributed by atoms with E-state index < -0.39 is 0 Å². The van der Waals surface area contributed by atoms with Crippen LogP contribution in [0, 0.1) is 0 Å². The lowest BCUT2D eigenvalue weighted by Crippen LogP contribution is -2.55. The third kappa shape index (κ3) is 2.30. The Hall–Kier alpha value is -1.27. The topological polar surface area (TPSA) is 58.3 Å². The number of thiocarbonyl (C=S) groups is 1. The lowest BCUT2D eigenvalue weighted by molar-refractivity contribution is 0.202. The summed E-state index contributed by atoms with van der Waals surface area (Å²) in [6.07, 6.45) is 5.93. The van der Waals surface area contributed by atoms with Gasteiger partial charge in [-0.3, -0.25) is 4.90 Å². The smallest absolute Gasteiger partial charge is 0.157 e. The predicted octanol–water partition coefficient (Wildman–Crippen LogP) is 0.784. The summed E-state index contributed by atoms with van der Waals surface area (Å²) in [4.78, 5) is 14.0. The summed E-state index contributed by atoms with van der Waals surface area (Å²) in [7, 11) is 0. The number of anilines is 1. The van der Waals surface area contributed by atoms with Crippen LogP contribution in [0.5, 0.6) is 0 Å². The maximum Gasteiger partial charge on any atom is 0.157 e.